The highest BCUT2D eigenvalue weighted by Crippen LogP contribution is 2.56. The molecule has 0 saturated carbocycles. The summed E-state index contributed by atoms with van der Waals surface area (Å²) in [7, 11) is 0. The third kappa shape index (κ3) is 5.40. The van der Waals surface area contributed by atoms with Gasteiger partial charge < -0.3 is 14.3 Å². The average molecular weight is 814 g/mol. The molecule has 0 bridgehead atoms. The lowest BCUT2D eigenvalue weighted by molar-refractivity contribution is 0.590. The van der Waals surface area contributed by atoms with Gasteiger partial charge in [-0.1, -0.05) is 165 Å². The molecular formula is C59H52BN3. The molecule has 0 amide bonds. The zero-order valence-electron chi connectivity index (χ0n) is 37.6. The number of para-hydroxylation sites is 2. The van der Waals surface area contributed by atoms with Crippen LogP contribution in [0.25, 0.3) is 44.1 Å². The zero-order valence-corrected chi connectivity index (χ0v) is 37.6. The molecule has 9 aromatic rings. The molecule has 0 spiro atoms. The second kappa shape index (κ2) is 13.1. The lowest BCUT2D eigenvalue weighted by Gasteiger charge is -2.42. The molecule has 3 aliphatic rings. The van der Waals surface area contributed by atoms with Crippen molar-refractivity contribution < 1.29 is 0 Å². The van der Waals surface area contributed by atoms with Crippen molar-refractivity contribution in [3.8, 4) is 22.4 Å². The predicted molar refractivity (Wildman–Crippen MR) is 270 cm³/mol. The second-order valence-electron chi connectivity index (χ2n) is 20.6. The highest BCUT2D eigenvalue weighted by Gasteiger charge is 2.48. The fourth-order valence-corrected chi connectivity index (χ4v) is 11.4. The van der Waals surface area contributed by atoms with Gasteiger partial charge in [-0.15, -0.1) is 0 Å². The smallest absolute Gasteiger partial charge is 0.333 e. The summed E-state index contributed by atoms with van der Waals surface area (Å²) in [5, 5.41) is 3.87. The highest BCUT2D eigenvalue weighted by molar-refractivity contribution is 6.90. The van der Waals surface area contributed by atoms with Crippen LogP contribution in [0.2, 0.25) is 0 Å². The van der Waals surface area contributed by atoms with Gasteiger partial charge >= 0.3 is 6.85 Å². The van der Waals surface area contributed by atoms with E-state index in [1.54, 1.807) is 0 Å². The predicted octanol–water partition coefficient (Wildman–Crippen LogP) is 14.6. The number of hydrogen-bond acceptors (Lipinski definition) is 2. The Kier molecular flexibility index (Phi) is 7.91. The van der Waals surface area contributed by atoms with E-state index < -0.39 is 0 Å². The average Bonchev–Trinajstić information content (AvgIpc) is 3.75. The van der Waals surface area contributed by atoms with Gasteiger partial charge in [0.05, 0.1) is 5.69 Å². The minimum atomic E-state index is -0.164. The van der Waals surface area contributed by atoms with E-state index in [2.05, 4.69) is 240 Å². The fraction of sp³-hybridized carbons (Fsp3) is 0.186. The number of nitrogens with zero attached hydrogens (tertiary/aromatic N) is 3. The van der Waals surface area contributed by atoms with Crippen molar-refractivity contribution in [2.45, 2.75) is 71.6 Å². The maximum absolute atomic E-state index is 2.76. The van der Waals surface area contributed by atoms with E-state index >= 15 is 0 Å². The van der Waals surface area contributed by atoms with Crippen molar-refractivity contribution in [1.29, 1.82) is 0 Å². The van der Waals surface area contributed by atoms with E-state index in [0.717, 1.165) is 22.7 Å². The molecule has 3 nitrogen and oxygen atoms in total. The van der Waals surface area contributed by atoms with Crippen molar-refractivity contribution in [2.75, 3.05) is 9.80 Å². The van der Waals surface area contributed by atoms with Gasteiger partial charge in [-0.25, -0.2) is 0 Å². The van der Waals surface area contributed by atoms with Gasteiger partial charge in [0.25, 0.3) is 0 Å². The highest BCUT2D eigenvalue weighted by atomic mass is 15.2. The van der Waals surface area contributed by atoms with E-state index in [9.17, 15) is 0 Å². The van der Waals surface area contributed by atoms with Gasteiger partial charge in [-0.05, 0) is 116 Å². The Morgan fingerprint density at radius 2 is 1.11 bits per heavy atom. The van der Waals surface area contributed by atoms with Crippen LogP contribution in [-0.2, 0) is 16.2 Å². The number of aromatic nitrogens is 1. The number of benzene rings is 8. The molecule has 306 valence electrons. The first-order valence-electron chi connectivity index (χ1n) is 22.6. The standard InChI is InChI=1S/C59H52BN3/c1-57(2,3)38-25-29-41(30-26-38)61(42-31-27-39(28-32-42)58(4,5)6)43-33-34-51-50(36-43)60-53-48(35-37-17-12-13-20-44(37)56(53)62(51)40-18-10-9-11-19-40)45-22-16-23-47-52-55(63(60)54(45)47)46-21-14-15-24-49(46)59(52,7)8/h9-36H,1-8H3. The summed E-state index contributed by atoms with van der Waals surface area (Å²) >= 11 is 0. The first-order valence-corrected chi connectivity index (χ1v) is 22.6. The summed E-state index contributed by atoms with van der Waals surface area (Å²) < 4.78 is 2.76. The molecule has 0 atom stereocenters. The number of fused-ring (bicyclic) bond motifs is 11. The summed E-state index contributed by atoms with van der Waals surface area (Å²) in [6.45, 7) is 18.5. The molecule has 2 aliphatic heterocycles. The van der Waals surface area contributed by atoms with Crippen molar-refractivity contribution in [2.24, 2.45) is 0 Å². The van der Waals surface area contributed by atoms with Crippen LogP contribution in [0, 0.1) is 0 Å². The minimum absolute atomic E-state index is 0.0481. The zero-order chi connectivity index (χ0) is 43.2. The van der Waals surface area contributed by atoms with Gasteiger partial charge in [0.15, 0.2) is 0 Å². The Morgan fingerprint density at radius 1 is 0.524 bits per heavy atom. The van der Waals surface area contributed by atoms with E-state index in [1.807, 2.05) is 0 Å². The van der Waals surface area contributed by atoms with Gasteiger partial charge in [-0.3, -0.25) is 0 Å². The van der Waals surface area contributed by atoms with Gasteiger partial charge in [0.2, 0.25) is 0 Å². The van der Waals surface area contributed by atoms with Crippen LogP contribution in [0.3, 0.4) is 0 Å². The first-order chi connectivity index (χ1) is 30.3. The Hall–Kier alpha value is -6.78. The molecule has 0 unspecified atom stereocenters. The molecule has 63 heavy (non-hydrogen) atoms. The SMILES string of the molecule is CC(C)(C)c1ccc(N(c2ccc(C(C)(C)C)cc2)c2ccc3c(c2)B2c4c(cc5ccccc5c4N3c3ccccc3)-c3cccc4c5c(n2c34)-c2ccccc2C5(C)C)cc1. The number of hydrogen-bond donors (Lipinski definition) is 0. The molecule has 8 aromatic carbocycles. The molecule has 0 radical (unpaired) electrons. The molecule has 3 heterocycles. The van der Waals surface area contributed by atoms with E-state index in [-0.39, 0.29) is 23.1 Å². The van der Waals surface area contributed by atoms with Crippen LogP contribution in [0.15, 0.2) is 170 Å². The summed E-state index contributed by atoms with van der Waals surface area (Å²) in [5.74, 6) is 0. The van der Waals surface area contributed by atoms with Crippen LogP contribution in [-0.4, -0.2) is 11.3 Å². The molecule has 1 aromatic heterocycles. The summed E-state index contributed by atoms with van der Waals surface area (Å²) in [6.07, 6.45) is 0. The summed E-state index contributed by atoms with van der Waals surface area (Å²) in [4.78, 5) is 5.03. The van der Waals surface area contributed by atoms with E-state index in [0.29, 0.717) is 0 Å². The van der Waals surface area contributed by atoms with Crippen molar-refractivity contribution in [1.82, 2.24) is 4.48 Å². The molecule has 12 rings (SSSR count). The maximum atomic E-state index is 2.76. The number of anilines is 6. The molecule has 0 saturated heterocycles. The Bertz CT molecular complexity index is 3270. The van der Waals surface area contributed by atoms with Crippen LogP contribution >= 0.6 is 0 Å². The van der Waals surface area contributed by atoms with Gasteiger partial charge in [0, 0.05) is 67.0 Å². The van der Waals surface area contributed by atoms with Gasteiger partial charge in [-0.2, -0.15) is 0 Å². The lowest BCUT2D eigenvalue weighted by Crippen LogP contribution is -2.57. The van der Waals surface area contributed by atoms with Crippen molar-refractivity contribution in [3.05, 3.63) is 192 Å². The fourth-order valence-electron chi connectivity index (χ4n) is 11.4. The monoisotopic (exact) mass is 813 g/mol. The summed E-state index contributed by atoms with van der Waals surface area (Å²) in [6, 6.07) is 64.5. The second-order valence-corrected chi connectivity index (χ2v) is 20.6. The molecule has 4 heteroatoms. The Morgan fingerprint density at radius 3 is 1.79 bits per heavy atom. The number of rotatable bonds is 4. The molecule has 0 fully saturated rings. The normalized spacial score (nSPS) is 14.4. The lowest BCUT2D eigenvalue weighted by atomic mass is 9.44. The third-order valence-corrected chi connectivity index (χ3v) is 14.4. The van der Waals surface area contributed by atoms with E-state index in [4.69, 9.17) is 0 Å². The van der Waals surface area contributed by atoms with Crippen molar-refractivity contribution >= 4 is 73.6 Å². The summed E-state index contributed by atoms with van der Waals surface area (Å²) in [5.41, 5.74) is 21.8. The maximum Gasteiger partial charge on any atom is 0.333 e. The Labute approximate surface area is 372 Å². The molecular weight excluding hydrogens is 761 g/mol. The molecule has 1 aliphatic carbocycles. The van der Waals surface area contributed by atoms with Crippen LogP contribution in [0.5, 0.6) is 0 Å². The van der Waals surface area contributed by atoms with Crippen LogP contribution < -0.4 is 20.7 Å². The van der Waals surface area contributed by atoms with Crippen LogP contribution in [0.1, 0.15) is 77.6 Å². The van der Waals surface area contributed by atoms with E-state index in [1.165, 1.54) is 88.6 Å². The Balaban J connectivity index is 1.20. The van der Waals surface area contributed by atoms with Crippen LogP contribution in [0.4, 0.5) is 34.1 Å². The largest absolute Gasteiger partial charge is 0.375 e. The van der Waals surface area contributed by atoms with Crippen molar-refractivity contribution in [3.63, 3.8) is 0 Å². The first kappa shape index (κ1) is 37.9. The topological polar surface area (TPSA) is 11.4 Å². The third-order valence-electron chi connectivity index (χ3n) is 14.4. The minimum Gasteiger partial charge on any atom is -0.375 e. The molecule has 0 N–H and O–H groups in total. The quantitative estimate of drug-likeness (QED) is 0.164. The van der Waals surface area contributed by atoms with Gasteiger partial charge in [0.1, 0.15) is 0 Å².